The summed E-state index contributed by atoms with van der Waals surface area (Å²) in [6.07, 6.45) is 2.24. The molecule has 1 saturated heterocycles. The van der Waals surface area contributed by atoms with Crippen molar-refractivity contribution in [3.63, 3.8) is 0 Å². The molecule has 2 heterocycles. The number of aryl methyl sites for hydroxylation is 1. The van der Waals surface area contributed by atoms with Crippen LogP contribution in [0.4, 0.5) is 0 Å². The number of ether oxygens (including phenoxy) is 1. The second-order valence-corrected chi connectivity index (χ2v) is 6.00. The van der Waals surface area contributed by atoms with E-state index in [0.29, 0.717) is 6.04 Å². The predicted molar refractivity (Wildman–Crippen MR) is 68.9 cm³/mol. The second kappa shape index (κ2) is 4.86. The van der Waals surface area contributed by atoms with Crippen LogP contribution in [-0.4, -0.2) is 18.2 Å². The van der Waals surface area contributed by atoms with Gasteiger partial charge in [-0.2, -0.15) is 11.3 Å². The molecule has 3 heteroatoms. The Kier molecular flexibility index (Phi) is 3.67. The van der Waals surface area contributed by atoms with Crippen LogP contribution in [-0.2, 0) is 11.3 Å². The summed E-state index contributed by atoms with van der Waals surface area (Å²) in [5.41, 5.74) is 2.89. The van der Waals surface area contributed by atoms with E-state index < -0.39 is 0 Å². The number of nitrogens with one attached hydrogen (secondary N) is 1. The zero-order valence-electron chi connectivity index (χ0n) is 10.4. The maximum Gasteiger partial charge on any atom is 0.0641 e. The standard InChI is InChI=1S/C13H21NOS/c1-10-8-16-9-11(10)7-14-12-4-5-15-13(2,3)6-12/h8-9,12,14H,4-7H2,1-3H3. The first-order chi connectivity index (χ1) is 7.57. The molecule has 0 bridgehead atoms. The van der Waals surface area contributed by atoms with Crippen molar-refractivity contribution in [2.24, 2.45) is 0 Å². The van der Waals surface area contributed by atoms with E-state index in [1.54, 1.807) is 11.3 Å². The molecule has 0 spiro atoms. The van der Waals surface area contributed by atoms with E-state index in [0.717, 1.165) is 26.0 Å². The maximum atomic E-state index is 5.72. The Morgan fingerprint density at radius 2 is 2.31 bits per heavy atom. The molecule has 1 atom stereocenters. The van der Waals surface area contributed by atoms with Gasteiger partial charge in [0.15, 0.2) is 0 Å². The molecule has 0 amide bonds. The molecule has 0 saturated carbocycles. The molecule has 0 aliphatic carbocycles. The van der Waals surface area contributed by atoms with Gasteiger partial charge >= 0.3 is 0 Å². The van der Waals surface area contributed by atoms with Crippen molar-refractivity contribution in [2.45, 2.75) is 51.8 Å². The Bertz CT molecular complexity index is 345. The molecular formula is C13H21NOS. The average molecular weight is 239 g/mol. The fraction of sp³-hybridized carbons (Fsp3) is 0.692. The third-order valence-corrected chi connectivity index (χ3v) is 4.15. The van der Waals surface area contributed by atoms with Gasteiger partial charge in [0.25, 0.3) is 0 Å². The van der Waals surface area contributed by atoms with Gasteiger partial charge in [0, 0.05) is 19.2 Å². The zero-order valence-corrected chi connectivity index (χ0v) is 11.2. The number of thiophene rings is 1. The van der Waals surface area contributed by atoms with Crippen LogP contribution in [0.5, 0.6) is 0 Å². The van der Waals surface area contributed by atoms with Gasteiger partial charge in [-0.15, -0.1) is 0 Å². The maximum absolute atomic E-state index is 5.72. The van der Waals surface area contributed by atoms with Gasteiger partial charge < -0.3 is 10.1 Å². The molecule has 1 aliphatic rings. The van der Waals surface area contributed by atoms with E-state index in [2.05, 4.69) is 36.8 Å². The van der Waals surface area contributed by atoms with Crippen LogP contribution >= 0.6 is 11.3 Å². The number of rotatable bonds is 3. The second-order valence-electron chi connectivity index (χ2n) is 5.26. The first kappa shape index (κ1) is 12.1. The molecule has 1 unspecified atom stereocenters. The third-order valence-electron chi connectivity index (χ3n) is 3.24. The van der Waals surface area contributed by atoms with Crippen LogP contribution < -0.4 is 5.32 Å². The van der Waals surface area contributed by atoms with E-state index in [4.69, 9.17) is 4.74 Å². The highest BCUT2D eigenvalue weighted by atomic mass is 32.1. The van der Waals surface area contributed by atoms with Gasteiger partial charge in [-0.3, -0.25) is 0 Å². The molecule has 16 heavy (non-hydrogen) atoms. The van der Waals surface area contributed by atoms with E-state index >= 15 is 0 Å². The SMILES string of the molecule is Cc1cscc1CNC1CCOC(C)(C)C1. The predicted octanol–water partition coefficient (Wildman–Crippen LogP) is 3.10. The van der Waals surface area contributed by atoms with E-state index in [1.807, 2.05) is 0 Å². The summed E-state index contributed by atoms with van der Waals surface area (Å²) in [6, 6.07) is 0.600. The quantitative estimate of drug-likeness (QED) is 0.875. The molecule has 1 aromatic heterocycles. The smallest absolute Gasteiger partial charge is 0.0641 e. The van der Waals surface area contributed by atoms with Crippen molar-refractivity contribution in [3.8, 4) is 0 Å². The van der Waals surface area contributed by atoms with E-state index in [-0.39, 0.29) is 5.60 Å². The van der Waals surface area contributed by atoms with Crippen LogP contribution in [0.3, 0.4) is 0 Å². The van der Waals surface area contributed by atoms with E-state index in [9.17, 15) is 0 Å². The Morgan fingerprint density at radius 1 is 1.50 bits per heavy atom. The topological polar surface area (TPSA) is 21.3 Å². The van der Waals surface area contributed by atoms with Gasteiger partial charge in [0.2, 0.25) is 0 Å². The van der Waals surface area contributed by atoms with Crippen molar-refractivity contribution >= 4 is 11.3 Å². The summed E-state index contributed by atoms with van der Waals surface area (Å²) in [5.74, 6) is 0. The van der Waals surface area contributed by atoms with Gasteiger partial charge in [-0.05, 0) is 55.5 Å². The lowest BCUT2D eigenvalue weighted by atomic mass is 9.94. The van der Waals surface area contributed by atoms with Crippen LogP contribution in [0.2, 0.25) is 0 Å². The van der Waals surface area contributed by atoms with Crippen molar-refractivity contribution in [1.82, 2.24) is 5.32 Å². The van der Waals surface area contributed by atoms with Gasteiger partial charge in [0.05, 0.1) is 5.60 Å². The molecule has 2 rings (SSSR count). The lowest BCUT2D eigenvalue weighted by Gasteiger charge is -2.36. The van der Waals surface area contributed by atoms with Gasteiger partial charge in [-0.25, -0.2) is 0 Å². The highest BCUT2D eigenvalue weighted by molar-refractivity contribution is 7.08. The van der Waals surface area contributed by atoms with Crippen LogP contribution in [0.15, 0.2) is 10.8 Å². The van der Waals surface area contributed by atoms with Crippen molar-refractivity contribution < 1.29 is 4.74 Å². The first-order valence-electron chi connectivity index (χ1n) is 5.96. The number of hydrogen-bond donors (Lipinski definition) is 1. The Balaban J connectivity index is 1.84. The summed E-state index contributed by atoms with van der Waals surface area (Å²) in [4.78, 5) is 0. The van der Waals surface area contributed by atoms with Crippen molar-refractivity contribution in [2.75, 3.05) is 6.61 Å². The number of hydrogen-bond acceptors (Lipinski definition) is 3. The first-order valence-corrected chi connectivity index (χ1v) is 6.90. The summed E-state index contributed by atoms with van der Waals surface area (Å²) >= 11 is 1.79. The minimum Gasteiger partial charge on any atom is -0.375 e. The van der Waals surface area contributed by atoms with Crippen molar-refractivity contribution in [1.29, 1.82) is 0 Å². The molecule has 1 aromatic rings. The Labute approximate surface area is 102 Å². The minimum absolute atomic E-state index is 0.0413. The third kappa shape index (κ3) is 3.06. The fourth-order valence-corrected chi connectivity index (χ4v) is 3.09. The van der Waals surface area contributed by atoms with Crippen molar-refractivity contribution in [3.05, 3.63) is 21.9 Å². The van der Waals surface area contributed by atoms with Crippen LogP contribution in [0, 0.1) is 6.92 Å². The monoisotopic (exact) mass is 239 g/mol. The highest BCUT2D eigenvalue weighted by Gasteiger charge is 2.28. The largest absolute Gasteiger partial charge is 0.375 e. The molecule has 0 aromatic carbocycles. The van der Waals surface area contributed by atoms with Gasteiger partial charge in [-0.1, -0.05) is 0 Å². The minimum atomic E-state index is 0.0413. The van der Waals surface area contributed by atoms with Crippen LogP contribution in [0.1, 0.15) is 37.8 Å². The molecule has 90 valence electrons. The molecule has 1 fully saturated rings. The fourth-order valence-electron chi connectivity index (χ4n) is 2.23. The lowest BCUT2D eigenvalue weighted by Crippen LogP contribution is -2.43. The van der Waals surface area contributed by atoms with Gasteiger partial charge in [0.1, 0.15) is 0 Å². The molecule has 2 nitrogen and oxygen atoms in total. The normalized spacial score (nSPS) is 24.6. The summed E-state index contributed by atoms with van der Waals surface area (Å²) in [6.45, 7) is 8.41. The summed E-state index contributed by atoms with van der Waals surface area (Å²) in [5, 5.41) is 8.10. The average Bonchev–Trinajstić information content (AvgIpc) is 2.60. The highest BCUT2D eigenvalue weighted by Crippen LogP contribution is 2.24. The zero-order chi connectivity index (χ0) is 11.6. The van der Waals surface area contributed by atoms with Crippen LogP contribution in [0.25, 0.3) is 0 Å². The molecule has 1 N–H and O–H groups in total. The Hall–Kier alpha value is -0.380. The lowest BCUT2D eigenvalue weighted by molar-refractivity contribution is -0.0630. The molecular weight excluding hydrogens is 218 g/mol. The molecule has 0 radical (unpaired) electrons. The van der Waals surface area contributed by atoms with E-state index in [1.165, 1.54) is 11.1 Å². The Morgan fingerprint density at radius 3 is 2.94 bits per heavy atom. The summed E-state index contributed by atoms with van der Waals surface area (Å²) < 4.78 is 5.72. The summed E-state index contributed by atoms with van der Waals surface area (Å²) in [7, 11) is 0. The molecule has 1 aliphatic heterocycles.